The molecular weight excluding hydrogens is 247 g/mol. The van der Waals surface area contributed by atoms with Crippen LogP contribution in [-0.2, 0) is 9.53 Å². The van der Waals surface area contributed by atoms with Gasteiger partial charge in [0.1, 0.15) is 17.5 Å². The monoisotopic (exact) mass is 264 g/mol. The number of hydrogen-bond acceptors (Lipinski definition) is 4. The van der Waals surface area contributed by atoms with Crippen LogP contribution < -0.4 is 5.32 Å². The van der Waals surface area contributed by atoms with Gasteiger partial charge in [-0.1, -0.05) is 0 Å². The number of nitriles is 1. The van der Waals surface area contributed by atoms with E-state index in [1.807, 2.05) is 0 Å². The third-order valence-corrected chi connectivity index (χ3v) is 2.17. The maximum atomic E-state index is 13.1. The van der Waals surface area contributed by atoms with Crippen LogP contribution in [0.4, 0.5) is 10.1 Å². The highest BCUT2D eigenvalue weighted by atomic mass is 19.1. The van der Waals surface area contributed by atoms with Gasteiger partial charge in [0.05, 0.1) is 12.0 Å². The lowest BCUT2D eigenvalue weighted by Crippen LogP contribution is -2.25. The smallest absolute Gasteiger partial charge is 0.308 e. The van der Waals surface area contributed by atoms with Crippen LogP contribution in [0.2, 0.25) is 0 Å². The summed E-state index contributed by atoms with van der Waals surface area (Å²) in [6.45, 7) is 5.78. The largest absolute Gasteiger partial charge is 0.460 e. The molecule has 0 unspecified atom stereocenters. The Kier molecular flexibility index (Phi) is 4.87. The Hall–Kier alpha value is -2.09. The van der Waals surface area contributed by atoms with Gasteiger partial charge in [0.25, 0.3) is 0 Å². The van der Waals surface area contributed by atoms with Crippen LogP contribution >= 0.6 is 0 Å². The number of carbonyl (C=O) groups is 1. The first kappa shape index (κ1) is 15.0. The van der Waals surface area contributed by atoms with Crippen molar-refractivity contribution in [3.8, 4) is 6.07 Å². The SMILES string of the molecule is CC(C)(C)OC(=O)CCNc1ccc(F)c(C#N)c1. The van der Waals surface area contributed by atoms with Crippen molar-refractivity contribution in [3.05, 3.63) is 29.6 Å². The number of halogens is 1. The molecule has 1 N–H and O–H groups in total. The number of nitrogens with zero attached hydrogens (tertiary/aromatic N) is 1. The average Bonchev–Trinajstić information content (AvgIpc) is 2.29. The lowest BCUT2D eigenvalue weighted by Gasteiger charge is -2.19. The number of rotatable bonds is 4. The molecule has 0 spiro atoms. The Morgan fingerprint density at radius 1 is 1.47 bits per heavy atom. The van der Waals surface area contributed by atoms with E-state index in [1.54, 1.807) is 26.8 Å². The number of benzene rings is 1. The van der Waals surface area contributed by atoms with Gasteiger partial charge < -0.3 is 10.1 Å². The molecule has 5 heteroatoms. The van der Waals surface area contributed by atoms with E-state index in [9.17, 15) is 9.18 Å². The molecule has 0 aromatic heterocycles. The van der Waals surface area contributed by atoms with Crippen LogP contribution in [0.5, 0.6) is 0 Å². The Balaban J connectivity index is 2.46. The molecule has 1 rings (SSSR count). The molecule has 0 atom stereocenters. The maximum Gasteiger partial charge on any atom is 0.308 e. The minimum Gasteiger partial charge on any atom is -0.460 e. The van der Waals surface area contributed by atoms with Crippen molar-refractivity contribution in [2.45, 2.75) is 32.8 Å². The van der Waals surface area contributed by atoms with Gasteiger partial charge in [0, 0.05) is 12.2 Å². The molecule has 19 heavy (non-hydrogen) atoms. The van der Waals surface area contributed by atoms with Crippen LogP contribution in [0.1, 0.15) is 32.8 Å². The maximum absolute atomic E-state index is 13.1. The number of nitrogens with one attached hydrogen (secondary N) is 1. The number of carbonyl (C=O) groups excluding carboxylic acids is 1. The summed E-state index contributed by atoms with van der Waals surface area (Å²) in [5, 5.41) is 11.6. The fourth-order valence-corrected chi connectivity index (χ4v) is 1.42. The van der Waals surface area contributed by atoms with E-state index in [4.69, 9.17) is 10.00 Å². The van der Waals surface area contributed by atoms with Crippen LogP contribution in [0.25, 0.3) is 0 Å². The minimum atomic E-state index is -0.555. The van der Waals surface area contributed by atoms with Gasteiger partial charge >= 0.3 is 5.97 Å². The predicted octanol–water partition coefficient (Wildman–Crippen LogP) is 2.84. The van der Waals surface area contributed by atoms with Crippen molar-refractivity contribution in [1.82, 2.24) is 0 Å². The van der Waals surface area contributed by atoms with Crippen LogP contribution in [0.3, 0.4) is 0 Å². The first-order chi connectivity index (χ1) is 8.81. The third kappa shape index (κ3) is 5.38. The van der Waals surface area contributed by atoms with Crippen molar-refractivity contribution < 1.29 is 13.9 Å². The fraction of sp³-hybridized carbons (Fsp3) is 0.429. The predicted molar refractivity (Wildman–Crippen MR) is 70.1 cm³/mol. The number of esters is 1. The van der Waals surface area contributed by atoms with Crippen LogP contribution in [0.15, 0.2) is 18.2 Å². The van der Waals surface area contributed by atoms with Gasteiger partial charge in [-0.05, 0) is 39.0 Å². The first-order valence-corrected chi connectivity index (χ1v) is 5.97. The summed E-state index contributed by atoms with van der Waals surface area (Å²) in [5.41, 5.74) is 0.0739. The molecule has 0 bridgehead atoms. The summed E-state index contributed by atoms with van der Waals surface area (Å²) >= 11 is 0. The van der Waals surface area contributed by atoms with Gasteiger partial charge in [-0.25, -0.2) is 4.39 Å². The molecule has 1 aromatic carbocycles. The summed E-state index contributed by atoms with van der Waals surface area (Å²) in [6.07, 6.45) is 0.205. The van der Waals surface area contributed by atoms with Gasteiger partial charge in [0.2, 0.25) is 0 Å². The standard InChI is InChI=1S/C14H17FN2O2/c1-14(2,3)19-13(18)6-7-17-11-4-5-12(15)10(8-11)9-16/h4-5,8,17H,6-7H2,1-3H3. The van der Waals surface area contributed by atoms with Crippen molar-refractivity contribution in [3.63, 3.8) is 0 Å². The van der Waals surface area contributed by atoms with E-state index >= 15 is 0 Å². The molecule has 0 amide bonds. The molecule has 0 saturated heterocycles. The molecule has 102 valence electrons. The second-order valence-corrected chi connectivity index (χ2v) is 5.07. The third-order valence-electron chi connectivity index (χ3n) is 2.17. The molecule has 4 nitrogen and oxygen atoms in total. The highest BCUT2D eigenvalue weighted by molar-refractivity contribution is 5.70. The number of anilines is 1. The molecule has 0 heterocycles. The zero-order valence-electron chi connectivity index (χ0n) is 11.3. The quantitative estimate of drug-likeness (QED) is 0.849. The van der Waals surface area contributed by atoms with Crippen molar-refractivity contribution >= 4 is 11.7 Å². The lowest BCUT2D eigenvalue weighted by atomic mass is 10.2. The Labute approximate surface area is 112 Å². The van der Waals surface area contributed by atoms with E-state index in [1.165, 1.54) is 18.2 Å². The Morgan fingerprint density at radius 2 is 2.16 bits per heavy atom. The molecular formula is C14H17FN2O2. The van der Waals surface area contributed by atoms with Crippen LogP contribution in [0, 0.1) is 17.1 Å². The van der Waals surface area contributed by atoms with E-state index in [-0.39, 0.29) is 18.0 Å². The second-order valence-electron chi connectivity index (χ2n) is 5.07. The van der Waals surface area contributed by atoms with Crippen molar-refractivity contribution in [2.24, 2.45) is 0 Å². The molecule has 0 fully saturated rings. The zero-order valence-corrected chi connectivity index (χ0v) is 11.3. The number of hydrogen-bond donors (Lipinski definition) is 1. The molecule has 0 radical (unpaired) electrons. The van der Waals surface area contributed by atoms with E-state index < -0.39 is 11.4 Å². The van der Waals surface area contributed by atoms with Gasteiger partial charge in [-0.15, -0.1) is 0 Å². The minimum absolute atomic E-state index is 0.0257. The van der Waals surface area contributed by atoms with Gasteiger partial charge in [0.15, 0.2) is 0 Å². The summed E-state index contributed by atoms with van der Waals surface area (Å²) in [4.78, 5) is 11.5. The summed E-state index contributed by atoms with van der Waals surface area (Å²) in [7, 11) is 0. The fourth-order valence-electron chi connectivity index (χ4n) is 1.42. The zero-order chi connectivity index (χ0) is 14.5. The normalized spacial score (nSPS) is 10.7. The van der Waals surface area contributed by atoms with Crippen LogP contribution in [-0.4, -0.2) is 18.1 Å². The highest BCUT2D eigenvalue weighted by Crippen LogP contribution is 2.14. The first-order valence-electron chi connectivity index (χ1n) is 5.97. The molecule has 0 aliphatic heterocycles. The molecule has 0 aliphatic rings. The molecule has 0 saturated carbocycles. The van der Waals surface area contributed by atoms with E-state index in [2.05, 4.69) is 5.32 Å². The van der Waals surface area contributed by atoms with E-state index in [0.717, 1.165) is 0 Å². The van der Waals surface area contributed by atoms with E-state index in [0.29, 0.717) is 12.2 Å². The summed E-state index contributed by atoms with van der Waals surface area (Å²) < 4.78 is 18.2. The second kappa shape index (κ2) is 6.19. The van der Waals surface area contributed by atoms with Crippen molar-refractivity contribution in [2.75, 3.05) is 11.9 Å². The topological polar surface area (TPSA) is 62.1 Å². The average molecular weight is 264 g/mol. The molecule has 1 aromatic rings. The number of ether oxygens (including phenoxy) is 1. The lowest BCUT2D eigenvalue weighted by molar-refractivity contribution is -0.154. The van der Waals surface area contributed by atoms with Gasteiger partial charge in [-0.3, -0.25) is 4.79 Å². The summed E-state index contributed by atoms with van der Waals surface area (Å²) in [5.74, 6) is -0.859. The highest BCUT2D eigenvalue weighted by Gasteiger charge is 2.15. The summed E-state index contributed by atoms with van der Waals surface area (Å²) in [6, 6.07) is 5.90. The Morgan fingerprint density at radius 3 is 2.74 bits per heavy atom. The Bertz CT molecular complexity index is 501. The molecule has 0 aliphatic carbocycles. The van der Waals surface area contributed by atoms with Gasteiger partial charge in [-0.2, -0.15) is 5.26 Å². The van der Waals surface area contributed by atoms with Crippen molar-refractivity contribution in [1.29, 1.82) is 5.26 Å².